The van der Waals surface area contributed by atoms with Crippen molar-refractivity contribution in [3.05, 3.63) is 63.4 Å². The molecule has 1 heterocycles. The summed E-state index contributed by atoms with van der Waals surface area (Å²) in [6.07, 6.45) is 1.01. The first-order valence-electron chi connectivity index (χ1n) is 8.29. The molecule has 2 aromatic carbocycles. The van der Waals surface area contributed by atoms with E-state index in [1.54, 1.807) is 0 Å². The number of anilines is 1. The number of benzene rings is 2. The molecular formula is C20H19BrN2O2S. The number of halogens is 1. The monoisotopic (exact) mass is 430 g/mol. The van der Waals surface area contributed by atoms with Crippen LogP contribution in [0, 0.1) is 6.92 Å². The van der Waals surface area contributed by atoms with Gasteiger partial charge in [0, 0.05) is 15.4 Å². The van der Waals surface area contributed by atoms with Crippen LogP contribution in [0.15, 0.2) is 52.3 Å². The van der Waals surface area contributed by atoms with Gasteiger partial charge in [0.05, 0.1) is 5.69 Å². The van der Waals surface area contributed by atoms with Gasteiger partial charge >= 0.3 is 0 Å². The molecule has 26 heavy (non-hydrogen) atoms. The van der Waals surface area contributed by atoms with Gasteiger partial charge in [0.1, 0.15) is 5.75 Å². The van der Waals surface area contributed by atoms with Crippen LogP contribution in [0.2, 0.25) is 0 Å². The number of hydrogen-bond acceptors (Lipinski definition) is 4. The predicted molar refractivity (Wildman–Crippen MR) is 110 cm³/mol. The van der Waals surface area contributed by atoms with E-state index in [0.717, 1.165) is 27.7 Å². The van der Waals surface area contributed by atoms with Crippen molar-refractivity contribution in [2.24, 2.45) is 0 Å². The SMILES string of the molecule is CCc1ccc(-c2csc(NC(=O)COc3ccc(Br)c(C)c3)n2)cc1. The Morgan fingerprint density at radius 1 is 1.23 bits per heavy atom. The standard InChI is InChI=1S/C20H19BrN2O2S/c1-3-14-4-6-15(7-5-14)18-12-26-20(22-18)23-19(24)11-25-16-8-9-17(21)13(2)10-16/h4-10,12H,3,11H2,1-2H3,(H,22,23,24). The van der Waals surface area contributed by atoms with Crippen molar-refractivity contribution >= 4 is 38.3 Å². The van der Waals surface area contributed by atoms with Crippen LogP contribution in [0.5, 0.6) is 5.75 Å². The fourth-order valence-electron chi connectivity index (χ4n) is 2.39. The molecule has 0 saturated heterocycles. The molecule has 6 heteroatoms. The van der Waals surface area contributed by atoms with Gasteiger partial charge in [-0.25, -0.2) is 4.98 Å². The van der Waals surface area contributed by atoms with Crippen molar-refractivity contribution in [1.82, 2.24) is 4.98 Å². The topological polar surface area (TPSA) is 51.2 Å². The van der Waals surface area contributed by atoms with Gasteiger partial charge in [-0.05, 0) is 42.7 Å². The minimum Gasteiger partial charge on any atom is -0.484 e. The molecule has 0 unspecified atom stereocenters. The Labute approximate surface area is 165 Å². The third-order valence-corrected chi connectivity index (χ3v) is 5.56. The highest BCUT2D eigenvalue weighted by molar-refractivity contribution is 9.10. The summed E-state index contributed by atoms with van der Waals surface area (Å²) >= 11 is 4.85. The summed E-state index contributed by atoms with van der Waals surface area (Å²) in [4.78, 5) is 16.6. The summed E-state index contributed by atoms with van der Waals surface area (Å²) in [5, 5.41) is 5.29. The second kappa shape index (κ2) is 8.47. The van der Waals surface area contributed by atoms with Gasteiger partial charge in [0.15, 0.2) is 11.7 Å². The van der Waals surface area contributed by atoms with Gasteiger partial charge in [0.2, 0.25) is 0 Å². The van der Waals surface area contributed by atoms with E-state index in [0.29, 0.717) is 10.9 Å². The first-order chi connectivity index (χ1) is 12.5. The number of aryl methyl sites for hydroxylation is 2. The van der Waals surface area contributed by atoms with Crippen LogP contribution in [-0.4, -0.2) is 17.5 Å². The Morgan fingerprint density at radius 2 is 2.00 bits per heavy atom. The van der Waals surface area contributed by atoms with Gasteiger partial charge in [-0.15, -0.1) is 11.3 Å². The number of amides is 1. The lowest BCUT2D eigenvalue weighted by Gasteiger charge is -2.07. The van der Waals surface area contributed by atoms with Gasteiger partial charge < -0.3 is 4.74 Å². The van der Waals surface area contributed by atoms with Crippen LogP contribution >= 0.6 is 27.3 Å². The second-order valence-corrected chi connectivity index (χ2v) is 7.55. The highest BCUT2D eigenvalue weighted by Gasteiger charge is 2.09. The highest BCUT2D eigenvalue weighted by Crippen LogP contribution is 2.25. The fraction of sp³-hybridized carbons (Fsp3) is 0.200. The van der Waals surface area contributed by atoms with Crippen molar-refractivity contribution in [1.29, 1.82) is 0 Å². The quantitative estimate of drug-likeness (QED) is 0.564. The van der Waals surface area contributed by atoms with Crippen LogP contribution in [0.1, 0.15) is 18.1 Å². The maximum atomic E-state index is 12.1. The first kappa shape index (κ1) is 18.6. The Balaban J connectivity index is 1.57. The number of carbonyl (C=O) groups is 1. The van der Waals surface area contributed by atoms with Gasteiger partial charge in [-0.1, -0.05) is 47.1 Å². The van der Waals surface area contributed by atoms with Gasteiger partial charge in [0.25, 0.3) is 5.91 Å². The second-order valence-electron chi connectivity index (χ2n) is 5.84. The molecule has 1 aromatic heterocycles. The van der Waals surface area contributed by atoms with E-state index in [1.807, 2.05) is 30.5 Å². The molecule has 0 fully saturated rings. The third-order valence-electron chi connectivity index (χ3n) is 3.91. The molecule has 0 aliphatic rings. The molecule has 3 rings (SSSR count). The molecule has 0 saturated carbocycles. The summed E-state index contributed by atoms with van der Waals surface area (Å²) in [6, 6.07) is 13.9. The highest BCUT2D eigenvalue weighted by atomic mass is 79.9. The Bertz CT molecular complexity index is 906. The van der Waals surface area contributed by atoms with E-state index in [1.165, 1.54) is 16.9 Å². The smallest absolute Gasteiger partial charge is 0.264 e. The van der Waals surface area contributed by atoms with Crippen molar-refractivity contribution in [2.45, 2.75) is 20.3 Å². The Hall–Kier alpha value is -2.18. The number of thiazole rings is 1. The summed E-state index contributed by atoms with van der Waals surface area (Å²) in [5.41, 5.74) is 4.25. The average Bonchev–Trinajstić information content (AvgIpc) is 3.11. The molecule has 0 aliphatic carbocycles. The number of rotatable bonds is 6. The number of hydrogen-bond donors (Lipinski definition) is 1. The molecule has 3 aromatic rings. The Morgan fingerprint density at radius 3 is 2.69 bits per heavy atom. The molecule has 4 nitrogen and oxygen atoms in total. The zero-order valence-corrected chi connectivity index (χ0v) is 17.0. The molecule has 0 spiro atoms. The minimum atomic E-state index is -0.229. The molecule has 0 atom stereocenters. The summed E-state index contributed by atoms with van der Waals surface area (Å²) in [6.45, 7) is 4.05. The Kier molecular flexibility index (Phi) is 6.06. The zero-order valence-electron chi connectivity index (χ0n) is 14.6. The molecular weight excluding hydrogens is 412 g/mol. The van der Waals surface area contributed by atoms with E-state index >= 15 is 0 Å². The summed E-state index contributed by atoms with van der Waals surface area (Å²) in [5.74, 6) is 0.435. The van der Waals surface area contributed by atoms with Crippen LogP contribution in [-0.2, 0) is 11.2 Å². The maximum Gasteiger partial charge on any atom is 0.264 e. The molecule has 1 amide bonds. The fourth-order valence-corrected chi connectivity index (χ4v) is 3.37. The molecule has 134 valence electrons. The molecule has 0 radical (unpaired) electrons. The van der Waals surface area contributed by atoms with E-state index in [-0.39, 0.29) is 12.5 Å². The average molecular weight is 431 g/mol. The third kappa shape index (κ3) is 4.71. The number of carbonyl (C=O) groups excluding carboxylic acids is 1. The van der Waals surface area contributed by atoms with Gasteiger partial charge in [-0.2, -0.15) is 0 Å². The lowest BCUT2D eigenvalue weighted by molar-refractivity contribution is -0.118. The van der Waals surface area contributed by atoms with Crippen LogP contribution in [0.4, 0.5) is 5.13 Å². The van der Waals surface area contributed by atoms with Crippen molar-refractivity contribution in [3.63, 3.8) is 0 Å². The molecule has 0 aliphatic heterocycles. The van der Waals surface area contributed by atoms with E-state index in [4.69, 9.17) is 4.74 Å². The largest absolute Gasteiger partial charge is 0.484 e. The number of nitrogens with zero attached hydrogens (tertiary/aromatic N) is 1. The first-order valence-corrected chi connectivity index (χ1v) is 9.96. The van der Waals surface area contributed by atoms with Crippen LogP contribution in [0.25, 0.3) is 11.3 Å². The molecule has 0 bridgehead atoms. The van der Waals surface area contributed by atoms with E-state index in [9.17, 15) is 4.79 Å². The number of nitrogens with one attached hydrogen (secondary N) is 1. The van der Waals surface area contributed by atoms with E-state index < -0.39 is 0 Å². The van der Waals surface area contributed by atoms with Crippen molar-refractivity contribution < 1.29 is 9.53 Å². The lowest BCUT2D eigenvalue weighted by atomic mass is 10.1. The van der Waals surface area contributed by atoms with Gasteiger partial charge in [-0.3, -0.25) is 10.1 Å². The number of aromatic nitrogens is 1. The lowest BCUT2D eigenvalue weighted by Crippen LogP contribution is -2.20. The normalized spacial score (nSPS) is 10.6. The van der Waals surface area contributed by atoms with Crippen LogP contribution in [0.3, 0.4) is 0 Å². The van der Waals surface area contributed by atoms with Crippen molar-refractivity contribution in [3.8, 4) is 17.0 Å². The predicted octanol–water partition coefficient (Wildman–Crippen LogP) is 5.46. The number of ether oxygens (including phenoxy) is 1. The summed E-state index contributed by atoms with van der Waals surface area (Å²) in [7, 11) is 0. The molecule has 1 N–H and O–H groups in total. The summed E-state index contributed by atoms with van der Waals surface area (Å²) < 4.78 is 6.55. The van der Waals surface area contributed by atoms with E-state index in [2.05, 4.69) is 57.4 Å². The van der Waals surface area contributed by atoms with Crippen molar-refractivity contribution in [2.75, 3.05) is 11.9 Å². The zero-order chi connectivity index (χ0) is 18.5. The van der Waals surface area contributed by atoms with Crippen LogP contribution < -0.4 is 10.1 Å². The maximum absolute atomic E-state index is 12.1. The minimum absolute atomic E-state index is 0.0544.